The molecule has 0 fully saturated rings. The summed E-state index contributed by atoms with van der Waals surface area (Å²) in [6.45, 7) is 0. The number of H-pyrrole nitrogens is 1. The fourth-order valence-electron chi connectivity index (χ4n) is 2.59. The lowest BCUT2D eigenvalue weighted by molar-refractivity contribution is 0.412. The molecule has 17 heavy (non-hydrogen) atoms. The number of aromatic nitrogens is 2. The first-order valence-electron chi connectivity index (χ1n) is 5.79. The van der Waals surface area contributed by atoms with Crippen LogP contribution >= 0.6 is 0 Å². The zero-order valence-electron chi connectivity index (χ0n) is 9.79. The van der Waals surface area contributed by atoms with Gasteiger partial charge in [0.25, 0.3) is 0 Å². The van der Waals surface area contributed by atoms with Crippen molar-refractivity contribution in [2.45, 2.75) is 19.3 Å². The predicted molar refractivity (Wildman–Crippen MR) is 67.0 cm³/mol. The summed E-state index contributed by atoms with van der Waals surface area (Å²) in [6, 6.07) is 4.25. The Morgan fingerprint density at radius 2 is 2.18 bits per heavy atom. The summed E-state index contributed by atoms with van der Waals surface area (Å²) in [5.41, 5.74) is 10.5. The van der Waals surface area contributed by atoms with Crippen molar-refractivity contribution in [3.63, 3.8) is 0 Å². The van der Waals surface area contributed by atoms with E-state index in [4.69, 9.17) is 10.5 Å². The summed E-state index contributed by atoms with van der Waals surface area (Å²) in [5, 5.41) is 6.72. The molecule has 3 N–H and O–H groups in total. The Labute approximate surface area is 99.8 Å². The Morgan fingerprint density at radius 3 is 2.88 bits per heavy atom. The summed E-state index contributed by atoms with van der Waals surface area (Å²) < 4.78 is 5.57. The van der Waals surface area contributed by atoms with Gasteiger partial charge in [0, 0.05) is 11.1 Å². The number of rotatable bonds is 2. The van der Waals surface area contributed by atoms with E-state index in [0.717, 1.165) is 29.7 Å². The molecular formula is C13H15N3O. The fourth-order valence-corrected chi connectivity index (χ4v) is 2.59. The van der Waals surface area contributed by atoms with E-state index in [9.17, 15) is 0 Å². The molecule has 0 unspecified atom stereocenters. The molecule has 1 aliphatic rings. The molecule has 0 saturated carbocycles. The number of fused-ring (bicyclic) bond motifs is 1. The minimum Gasteiger partial charge on any atom is -0.496 e. The first-order chi connectivity index (χ1) is 8.31. The Hall–Kier alpha value is -1.97. The molecule has 1 aromatic heterocycles. The number of ether oxygens (including phenoxy) is 1. The van der Waals surface area contributed by atoms with E-state index in [1.165, 1.54) is 17.5 Å². The topological polar surface area (TPSA) is 63.9 Å². The van der Waals surface area contributed by atoms with E-state index in [1.807, 2.05) is 0 Å². The molecule has 0 radical (unpaired) electrons. The molecule has 4 nitrogen and oxygen atoms in total. The van der Waals surface area contributed by atoms with Crippen LogP contribution in [0.3, 0.4) is 0 Å². The molecular weight excluding hydrogens is 214 g/mol. The van der Waals surface area contributed by atoms with Crippen LogP contribution in [0.4, 0.5) is 5.82 Å². The van der Waals surface area contributed by atoms with E-state index >= 15 is 0 Å². The molecule has 0 bridgehead atoms. The standard InChI is InChI=1S/C13H15N3O/c1-17-12-9-4-2-3-8(9)5-6-10(12)11-7-15-16-13(11)14/h5-7H,2-4H2,1H3,(H3,14,15,16). The highest BCUT2D eigenvalue weighted by Gasteiger charge is 2.20. The molecule has 88 valence electrons. The monoisotopic (exact) mass is 229 g/mol. The zero-order chi connectivity index (χ0) is 11.8. The average molecular weight is 229 g/mol. The smallest absolute Gasteiger partial charge is 0.130 e. The minimum atomic E-state index is 0.584. The average Bonchev–Trinajstić information content (AvgIpc) is 2.95. The molecule has 4 heteroatoms. The van der Waals surface area contributed by atoms with Gasteiger partial charge in [0.15, 0.2) is 0 Å². The number of hydrogen-bond acceptors (Lipinski definition) is 3. The Morgan fingerprint density at radius 1 is 1.29 bits per heavy atom. The van der Waals surface area contributed by atoms with Crippen LogP contribution in [0.5, 0.6) is 5.75 Å². The minimum absolute atomic E-state index is 0.584. The third-order valence-corrected chi connectivity index (χ3v) is 3.39. The number of nitrogen functional groups attached to an aromatic ring is 1. The Kier molecular flexibility index (Phi) is 2.28. The van der Waals surface area contributed by atoms with Crippen molar-refractivity contribution >= 4 is 5.82 Å². The number of nitrogens with two attached hydrogens (primary N) is 1. The quantitative estimate of drug-likeness (QED) is 0.829. The van der Waals surface area contributed by atoms with E-state index in [0.29, 0.717) is 5.82 Å². The molecule has 1 heterocycles. The van der Waals surface area contributed by atoms with Crippen LogP contribution < -0.4 is 10.5 Å². The maximum atomic E-state index is 5.87. The van der Waals surface area contributed by atoms with Gasteiger partial charge < -0.3 is 10.5 Å². The van der Waals surface area contributed by atoms with Gasteiger partial charge in [0.1, 0.15) is 11.6 Å². The van der Waals surface area contributed by atoms with Crippen LogP contribution in [0, 0.1) is 0 Å². The summed E-state index contributed by atoms with van der Waals surface area (Å²) in [5.74, 6) is 1.54. The summed E-state index contributed by atoms with van der Waals surface area (Å²) in [4.78, 5) is 0. The highest BCUT2D eigenvalue weighted by molar-refractivity contribution is 5.79. The largest absolute Gasteiger partial charge is 0.496 e. The second-order valence-electron chi connectivity index (χ2n) is 4.33. The Bertz CT molecular complexity index is 560. The first kappa shape index (κ1) is 10.2. The Balaban J connectivity index is 2.21. The predicted octanol–water partition coefficient (Wildman–Crippen LogP) is 2.16. The number of anilines is 1. The third kappa shape index (κ3) is 1.48. The number of benzene rings is 1. The van der Waals surface area contributed by atoms with E-state index < -0.39 is 0 Å². The molecule has 1 aromatic carbocycles. The lowest BCUT2D eigenvalue weighted by atomic mass is 10.0. The van der Waals surface area contributed by atoms with Gasteiger partial charge >= 0.3 is 0 Å². The summed E-state index contributed by atoms with van der Waals surface area (Å²) in [7, 11) is 1.72. The van der Waals surface area contributed by atoms with Gasteiger partial charge in [-0.3, -0.25) is 5.10 Å². The van der Waals surface area contributed by atoms with Gasteiger partial charge in [-0.2, -0.15) is 5.10 Å². The number of aryl methyl sites for hydroxylation is 1. The highest BCUT2D eigenvalue weighted by Crippen LogP contribution is 2.40. The second-order valence-corrected chi connectivity index (χ2v) is 4.33. The van der Waals surface area contributed by atoms with Crippen LogP contribution in [-0.2, 0) is 12.8 Å². The van der Waals surface area contributed by atoms with Crippen LogP contribution in [0.1, 0.15) is 17.5 Å². The highest BCUT2D eigenvalue weighted by atomic mass is 16.5. The summed E-state index contributed by atoms with van der Waals surface area (Å²) >= 11 is 0. The first-order valence-corrected chi connectivity index (χ1v) is 5.79. The van der Waals surface area contributed by atoms with Crippen molar-refractivity contribution in [3.8, 4) is 16.9 Å². The van der Waals surface area contributed by atoms with Crippen LogP contribution in [0.15, 0.2) is 18.3 Å². The normalized spacial score (nSPS) is 13.7. The number of nitrogens with zero attached hydrogens (tertiary/aromatic N) is 1. The number of aromatic amines is 1. The van der Waals surface area contributed by atoms with E-state index in [1.54, 1.807) is 13.3 Å². The van der Waals surface area contributed by atoms with Crippen molar-refractivity contribution in [2.75, 3.05) is 12.8 Å². The van der Waals surface area contributed by atoms with Crippen LogP contribution in [0.25, 0.3) is 11.1 Å². The molecule has 0 atom stereocenters. The summed E-state index contributed by atoms with van der Waals surface area (Å²) in [6.07, 6.45) is 5.18. The van der Waals surface area contributed by atoms with Gasteiger partial charge in [-0.1, -0.05) is 12.1 Å². The molecule has 1 aliphatic carbocycles. The third-order valence-electron chi connectivity index (χ3n) is 3.39. The number of methoxy groups -OCH3 is 1. The van der Waals surface area contributed by atoms with Crippen LogP contribution in [-0.4, -0.2) is 17.3 Å². The van der Waals surface area contributed by atoms with Gasteiger partial charge in [-0.15, -0.1) is 0 Å². The van der Waals surface area contributed by atoms with Gasteiger partial charge in [0.2, 0.25) is 0 Å². The molecule has 0 spiro atoms. The van der Waals surface area contributed by atoms with E-state index in [-0.39, 0.29) is 0 Å². The molecule has 2 aromatic rings. The molecule has 3 rings (SSSR count). The van der Waals surface area contributed by atoms with Crippen molar-refractivity contribution in [1.82, 2.24) is 10.2 Å². The maximum absolute atomic E-state index is 5.87. The zero-order valence-corrected chi connectivity index (χ0v) is 9.79. The van der Waals surface area contributed by atoms with Gasteiger partial charge in [0.05, 0.1) is 13.3 Å². The molecule has 0 aliphatic heterocycles. The van der Waals surface area contributed by atoms with Crippen molar-refractivity contribution in [2.24, 2.45) is 0 Å². The lowest BCUT2D eigenvalue weighted by Gasteiger charge is -2.12. The van der Waals surface area contributed by atoms with Gasteiger partial charge in [-0.05, 0) is 30.4 Å². The fraction of sp³-hybridized carbons (Fsp3) is 0.308. The SMILES string of the molecule is COc1c(-c2cn[nH]c2N)ccc2c1CCC2. The van der Waals surface area contributed by atoms with Crippen molar-refractivity contribution < 1.29 is 4.74 Å². The lowest BCUT2D eigenvalue weighted by Crippen LogP contribution is -1.96. The van der Waals surface area contributed by atoms with E-state index in [2.05, 4.69) is 22.3 Å². The maximum Gasteiger partial charge on any atom is 0.130 e. The van der Waals surface area contributed by atoms with Crippen LogP contribution in [0.2, 0.25) is 0 Å². The van der Waals surface area contributed by atoms with Crippen molar-refractivity contribution in [3.05, 3.63) is 29.5 Å². The van der Waals surface area contributed by atoms with Crippen molar-refractivity contribution in [1.29, 1.82) is 0 Å². The second kappa shape index (κ2) is 3.80. The number of nitrogens with one attached hydrogen (secondary N) is 1. The van der Waals surface area contributed by atoms with Gasteiger partial charge in [-0.25, -0.2) is 0 Å². The molecule has 0 saturated heterocycles. The molecule has 0 amide bonds. The number of hydrogen-bond donors (Lipinski definition) is 2.